The standard InChI is InChI=1S/C17H17.C12H10.C10H15.2ClH.Zr/c1-10-5-14-9-15-6-11(2)13(4)8-17(15)16(14)7-12(10)3;1-2-10-7-8-11-5-3-4-6-12(11)9-10;1-8-5-6-9(7-8)10(2,3)4;;;/h5,7-8H,9H2,1-4H3;3-9H,1H3;5-7H,1-4H3;2*1H;/q-1;;-1;;;+2/p-2. The molecule has 1 aliphatic rings. The second-order valence-corrected chi connectivity index (χ2v) is 14.2. The summed E-state index contributed by atoms with van der Waals surface area (Å²) in [6, 6.07) is 32.3. The Morgan fingerprint density at radius 2 is 1.38 bits per heavy atom. The van der Waals surface area contributed by atoms with E-state index >= 15 is 0 Å². The Balaban J connectivity index is 0.000000223. The molecule has 3 heteroatoms. The Morgan fingerprint density at radius 1 is 0.762 bits per heavy atom. The third-order valence-electron chi connectivity index (χ3n) is 7.95. The van der Waals surface area contributed by atoms with Crippen molar-refractivity contribution in [3.63, 3.8) is 0 Å². The van der Waals surface area contributed by atoms with Gasteiger partial charge in [-0.3, -0.25) is 0 Å². The maximum Gasteiger partial charge on any atom is -0.0253 e. The largest absolute Gasteiger partial charge is 1.00 e. The van der Waals surface area contributed by atoms with E-state index in [0.717, 1.165) is 6.42 Å². The molecule has 0 bridgehead atoms. The first-order valence-electron chi connectivity index (χ1n) is 14.2. The summed E-state index contributed by atoms with van der Waals surface area (Å²) in [6.45, 7) is 19.7. The Hall–Kier alpha value is -2.18. The molecule has 0 radical (unpaired) electrons. The third kappa shape index (κ3) is 8.69. The second-order valence-electron chi connectivity index (χ2n) is 12.4. The molecule has 5 aromatic rings. The number of rotatable bonds is 1. The van der Waals surface area contributed by atoms with E-state index in [9.17, 15) is 0 Å². The van der Waals surface area contributed by atoms with Crippen molar-refractivity contribution in [3.8, 4) is 11.1 Å². The molecule has 0 atom stereocenters. The van der Waals surface area contributed by atoms with E-state index < -0.39 is 0 Å². The van der Waals surface area contributed by atoms with Gasteiger partial charge in [0.1, 0.15) is 0 Å². The monoisotopic (exact) mass is 670 g/mol. The molecule has 42 heavy (non-hydrogen) atoms. The van der Waals surface area contributed by atoms with Gasteiger partial charge in [0, 0.05) is 0 Å². The van der Waals surface area contributed by atoms with Gasteiger partial charge in [0.25, 0.3) is 0 Å². The molecule has 0 amide bonds. The summed E-state index contributed by atoms with van der Waals surface area (Å²) >= 11 is 1.50. The van der Waals surface area contributed by atoms with E-state index in [-0.39, 0.29) is 24.8 Å². The molecular formula is C39H42Cl2Zr-2. The number of halogens is 2. The van der Waals surface area contributed by atoms with Crippen molar-refractivity contribution in [2.24, 2.45) is 0 Å². The van der Waals surface area contributed by atoms with Gasteiger partial charge in [0.05, 0.1) is 0 Å². The molecule has 0 aromatic heterocycles. The maximum atomic E-state index is 3.54. The molecule has 0 saturated heterocycles. The van der Waals surface area contributed by atoms with Gasteiger partial charge < -0.3 is 24.8 Å². The van der Waals surface area contributed by atoms with Crippen molar-refractivity contribution in [2.75, 3.05) is 0 Å². The van der Waals surface area contributed by atoms with Gasteiger partial charge in [0.2, 0.25) is 0 Å². The van der Waals surface area contributed by atoms with Crippen LogP contribution in [0.4, 0.5) is 0 Å². The van der Waals surface area contributed by atoms with Gasteiger partial charge in [-0.1, -0.05) is 64.7 Å². The predicted molar refractivity (Wildman–Crippen MR) is 172 cm³/mol. The number of hydrogen-bond donors (Lipinski definition) is 0. The Morgan fingerprint density at radius 3 is 1.95 bits per heavy atom. The van der Waals surface area contributed by atoms with E-state index in [1.807, 2.05) is 0 Å². The van der Waals surface area contributed by atoms with Crippen LogP contribution in [0, 0.1) is 40.7 Å². The molecule has 0 fully saturated rings. The number of benzene rings is 4. The van der Waals surface area contributed by atoms with Gasteiger partial charge >= 0.3 is 93.2 Å². The molecule has 0 spiro atoms. The SMILES string of the molecule is C[C](=[Zr+2])c1ccc2ccccc2c1.Cc1[c-]c2c(cc1C)-c1cc(C)c(C)cc1C2.Cc1cc(C(C)(C)C)c[cH-]1.[Cl-].[Cl-]. The van der Waals surface area contributed by atoms with Crippen LogP contribution in [0.3, 0.4) is 0 Å². The molecule has 5 aromatic carbocycles. The van der Waals surface area contributed by atoms with Crippen LogP contribution < -0.4 is 24.8 Å². The van der Waals surface area contributed by atoms with Crippen LogP contribution in [-0.2, 0) is 36.1 Å². The zero-order valence-electron chi connectivity index (χ0n) is 26.5. The van der Waals surface area contributed by atoms with Gasteiger partial charge in [-0.05, 0) is 37.0 Å². The fourth-order valence-corrected chi connectivity index (χ4v) is 5.48. The molecule has 218 valence electrons. The number of hydrogen-bond acceptors (Lipinski definition) is 0. The zero-order valence-corrected chi connectivity index (χ0v) is 30.4. The average molecular weight is 673 g/mol. The third-order valence-corrected chi connectivity index (χ3v) is 8.66. The molecule has 0 unspecified atom stereocenters. The summed E-state index contributed by atoms with van der Waals surface area (Å²) in [5.74, 6) is 0. The second kappa shape index (κ2) is 15.0. The summed E-state index contributed by atoms with van der Waals surface area (Å²) in [6.07, 6.45) is 1.05. The fraction of sp³-hybridized carbons (Fsp3) is 0.282. The van der Waals surface area contributed by atoms with Crippen LogP contribution in [-0.4, -0.2) is 3.21 Å². The van der Waals surface area contributed by atoms with Crippen LogP contribution in [0.2, 0.25) is 0 Å². The summed E-state index contributed by atoms with van der Waals surface area (Å²) in [5.41, 5.74) is 15.5. The maximum absolute atomic E-state index is 3.54. The molecule has 0 N–H and O–H groups in total. The van der Waals surface area contributed by atoms with Gasteiger partial charge in [-0.15, -0.1) is 11.1 Å². The van der Waals surface area contributed by atoms with Crippen LogP contribution in [0.5, 0.6) is 0 Å². The van der Waals surface area contributed by atoms with Crippen LogP contribution in [0.25, 0.3) is 21.9 Å². The van der Waals surface area contributed by atoms with Gasteiger partial charge in [-0.25, -0.2) is 6.07 Å². The first kappa shape index (κ1) is 36.0. The van der Waals surface area contributed by atoms with Crippen LogP contribution >= 0.6 is 0 Å². The molecule has 0 aliphatic heterocycles. The van der Waals surface area contributed by atoms with Crippen molar-refractivity contribution in [1.82, 2.24) is 0 Å². The molecule has 6 rings (SSSR count). The molecule has 0 heterocycles. The van der Waals surface area contributed by atoms with Crippen LogP contribution in [0.15, 0.2) is 78.9 Å². The van der Waals surface area contributed by atoms with E-state index in [1.54, 1.807) is 0 Å². The van der Waals surface area contributed by atoms with Crippen molar-refractivity contribution < 1.29 is 49.0 Å². The van der Waals surface area contributed by atoms with Crippen molar-refractivity contribution in [2.45, 2.75) is 74.1 Å². The fourth-order valence-electron chi connectivity index (χ4n) is 5.10. The van der Waals surface area contributed by atoms with Crippen LogP contribution in [0.1, 0.15) is 77.8 Å². The predicted octanol–water partition coefficient (Wildman–Crippen LogP) is 4.24. The summed E-state index contributed by atoms with van der Waals surface area (Å²) in [5, 5.41) is 2.66. The normalized spacial score (nSPS) is 11.1. The average Bonchev–Trinajstić information content (AvgIpc) is 3.48. The molecule has 0 nitrogen and oxygen atoms in total. The van der Waals surface area contributed by atoms with E-state index in [1.165, 1.54) is 99.4 Å². The Labute approximate surface area is 281 Å². The minimum Gasteiger partial charge on any atom is -1.00 e. The summed E-state index contributed by atoms with van der Waals surface area (Å²) < 4.78 is 1.46. The van der Waals surface area contributed by atoms with Gasteiger partial charge in [0.15, 0.2) is 0 Å². The number of fused-ring (bicyclic) bond motifs is 4. The van der Waals surface area contributed by atoms with Crippen molar-refractivity contribution in [1.29, 1.82) is 0 Å². The summed E-state index contributed by atoms with van der Waals surface area (Å²) in [7, 11) is 0. The van der Waals surface area contributed by atoms with Gasteiger partial charge in [-0.2, -0.15) is 46.5 Å². The molecular weight excluding hydrogens is 631 g/mol. The molecule has 0 saturated carbocycles. The summed E-state index contributed by atoms with van der Waals surface area (Å²) in [4.78, 5) is 0. The minimum absolute atomic E-state index is 0. The minimum atomic E-state index is 0. The van der Waals surface area contributed by atoms with E-state index in [0.29, 0.717) is 5.41 Å². The van der Waals surface area contributed by atoms with Crippen molar-refractivity contribution in [3.05, 3.63) is 135 Å². The van der Waals surface area contributed by atoms with E-state index in [4.69, 9.17) is 0 Å². The smallest absolute Gasteiger partial charge is 0.0253 e. The zero-order chi connectivity index (χ0) is 29.2. The first-order chi connectivity index (χ1) is 18.8. The Bertz CT molecular complexity index is 1630. The molecule has 1 aliphatic carbocycles. The topological polar surface area (TPSA) is 0 Å². The van der Waals surface area contributed by atoms with E-state index in [2.05, 4.69) is 147 Å². The first-order valence-corrected chi connectivity index (χ1v) is 15.5. The number of aryl methyl sites for hydroxylation is 5. The van der Waals surface area contributed by atoms with Crippen molar-refractivity contribution >= 4 is 14.0 Å². The Kier molecular flexibility index (Phi) is 12.9. The quantitative estimate of drug-likeness (QED) is 0.230.